The SMILES string of the molecule is COc1ccc(-c2cc(C=O)ccc2C)cc1C. The van der Waals surface area contributed by atoms with Crippen molar-refractivity contribution in [3.63, 3.8) is 0 Å². The molecule has 18 heavy (non-hydrogen) atoms. The van der Waals surface area contributed by atoms with Crippen molar-refractivity contribution in [1.29, 1.82) is 0 Å². The van der Waals surface area contributed by atoms with Gasteiger partial charge in [0.2, 0.25) is 0 Å². The summed E-state index contributed by atoms with van der Waals surface area (Å²) in [7, 11) is 1.67. The maximum absolute atomic E-state index is 10.8. The lowest BCUT2D eigenvalue weighted by molar-refractivity contribution is 0.112. The third-order valence-corrected chi connectivity index (χ3v) is 3.10. The zero-order valence-electron chi connectivity index (χ0n) is 10.9. The normalized spacial score (nSPS) is 10.2. The van der Waals surface area contributed by atoms with E-state index >= 15 is 0 Å². The molecule has 0 saturated heterocycles. The highest BCUT2D eigenvalue weighted by Crippen LogP contribution is 2.28. The van der Waals surface area contributed by atoms with Gasteiger partial charge < -0.3 is 4.74 Å². The van der Waals surface area contributed by atoms with Crippen molar-refractivity contribution >= 4 is 6.29 Å². The van der Waals surface area contributed by atoms with Gasteiger partial charge in [-0.2, -0.15) is 0 Å². The molecule has 2 nitrogen and oxygen atoms in total. The number of carbonyl (C=O) groups excluding carboxylic acids is 1. The molecule has 0 bridgehead atoms. The van der Waals surface area contributed by atoms with E-state index in [2.05, 4.69) is 6.07 Å². The van der Waals surface area contributed by atoms with Crippen LogP contribution in [-0.4, -0.2) is 13.4 Å². The van der Waals surface area contributed by atoms with Gasteiger partial charge in [0.15, 0.2) is 0 Å². The van der Waals surface area contributed by atoms with E-state index in [0.29, 0.717) is 5.56 Å². The summed E-state index contributed by atoms with van der Waals surface area (Å²) in [6.07, 6.45) is 0.874. The van der Waals surface area contributed by atoms with Gasteiger partial charge in [0.05, 0.1) is 7.11 Å². The Morgan fingerprint density at radius 3 is 2.39 bits per heavy atom. The average Bonchev–Trinajstić information content (AvgIpc) is 2.39. The third-order valence-electron chi connectivity index (χ3n) is 3.10. The Labute approximate surface area is 107 Å². The minimum atomic E-state index is 0.698. The molecule has 0 aromatic heterocycles. The standard InChI is InChI=1S/C16H16O2/c1-11-4-5-13(10-17)9-15(11)14-6-7-16(18-3)12(2)8-14/h4-10H,1-3H3. The van der Waals surface area contributed by atoms with Gasteiger partial charge in [-0.05, 0) is 54.3 Å². The van der Waals surface area contributed by atoms with Crippen LogP contribution in [0.4, 0.5) is 0 Å². The second-order valence-corrected chi connectivity index (χ2v) is 4.38. The van der Waals surface area contributed by atoms with Crippen LogP contribution in [0.5, 0.6) is 5.75 Å². The Hall–Kier alpha value is -2.09. The van der Waals surface area contributed by atoms with E-state index in [4.69, 9.17) is 4.74 Å². The minimum absolute atomic E-state index is 0.698. The van der Waals surface area contributed by atoms with Crippen LogP contribution >= 0.6 is 0 Å². The number of aldehydes is 1. The molecule has 2 aromatic rings. The van der Waals surface area contributed by atoms with E-state index in [0.717, 1.165) is 34.3 Å². The van der Waals surface area contributed by atoms with E-state index in [-0.39, 0.29) is 0 Å². The van der Waals surface area contributed by atoms with Gasteiger partial charge in [-0.3, -0.25) is 4.79 Å². The first-order chi connectivity index (χ1) is 8.65. The van der Waals surface area contributed by atoms with E-state index in [1.807, 2.05) is 44.2 Å². The lowest BCUT2D eigenvalue weighted by Crippen LogP contribution is -1.90. The summed E-state index contributed by atoms with van der Waals surface area (Å²) in [5.74, 6) is 0.878. The molecule has 92 valence electrons. The van der Waals surface area contributed by atoms with Crippen molar-refractivity contribution < 1.29 is 9.53 Å². The molecule has 0 unspecified atom stereocenters. The quantitative estimate of drug-likeness (QED) is 0.763. The number of hydrogen-bond acceptors (Lipinski definition) is 2. The summed E-state index contributed by atoms with van der Waals surface area (Å²) in [4.78, 5) is 10.8. The van der Waals surface area contributed by atoms with Crippen molar-refractivity contribution in [3.8, 4) is 16.9 Å². The van der Waals surface area contributed by atoms with Gasteiger partial charge in [-0.1, -0.05) is 18.2 Å². The molecule has 0 heterocycles. The Kier molecular flexibility index (Phi) is 3.47. The van der Waals surface area contributed by atoms with Crippen molar-refractivity contribution in [2.75, 3.05) is 7.11 Å². The van der Waals surface area contributed by atoms with Crippen molar-refractivity contribution in [2.45, 2.75) is 13.8 Å². The highest BCUT2D eigenvalue weighted by Gasteiger charge is 2.06. The predicted octanol–water partition coefficient (Wildman–Crippen LogP) is 3.79. The molecule has 2 rings (SSSR count). The first-order valence-electron chi connectivity index (χ1n) is 5.86. The number of methoxy groups -OCH3 is 1. The van der Waals surface area contributed by atoms with E-state index < -0.39 is 0 Å². The van der Waals surface area contributed by atoms with Crippen LogP contribution in [0, 0.1) is 13.8 Å². The fourth-order valence-corrected chi connectivity index (χ4v) is 2.07. The Morgan fingerprint density at radius 2 is 1.78 bits per heavy atom. The molecule has 2 aromatic carbocycles. The maximum atomic E-state index is 10.8. The zero-order valence-corrected chi connectivity index (χ0v) is 10.9. The molecule has 0 saturated carbocycles. The molecule has 0 atom stereocenters. The smallest absolute Gasteiger partial charge is 0.150 e. The average molecular weight is 240 g/mol. The van der Waals surface area contributed by atoms with Gasteiger partial charge in [-0.15, -0.1) is 0 Å². The monoisotopic (exact) mass is 240 g/mol. The molecule has 0 aliphatic rings. The van der Waals surface area contributed by atoms with Crippen LogP contribution in [0.2, 0.25) is 0 Å². The van der Waals surface area contributed by atoms with Crippen LogP contribution in [0.25, 0.3) is 11.1 Å². The van der Waals surface area contributed by atoms with E-state index in [1.165, 1.54) is 0 Å². The second kappa shape index (κ2) is 5.05. The van der Waals surface area contributed by atoms with Gasteiger partial charge in [0.25, 0.3) is 0 Å². The van der Waals surface area contributed by atoms with Gasteiger partial charge in [0.1, 0.15) is 12.0 Å². The summed E-state index contributed by atoms with van der Waals surface area (Å²) in [5, 5.41) is 0. The molecular formula is C16H16O2. The molecule has 0 fully saturated rings. The Bertz CT molecular complexity index is 586. The summed E-state index contributed by atoms with van der Waals surface area (Å²) in [5.41, 5.74) is 5.14. The molecule has 0 aliphatic heterocycles. The van der Waals surface area contributed by atoms with Crippen LogP contribution < -0.4 is 4.74 Å². The van der Waals surface area contributed by atoms with Crippen LogP contribution in [0.1, 0.15) is 21.5 Å². The minimum Gasteiger partial charge on any atom is -0.496 e. The molecule has 2 heteroatoms. The summed E-state index contributed by atoms with van der Waals surface area (Å²) in [6.45, 7) is 4.06. The number of aryl methyl sites for hydroxylation is 2. The van der Waals surface area contributed by atoms with Crippen LogP contribution in [0.3, 0.4) is 0 Å². The highest BCUT2D eigenvalue weighted by atomic mass is 16.5. The molecule has 0 amide bonds. The fraction of sp³-hybridized carbons (Fsp3) is 0.188. The Balaban J connectivity index is 2.54. The van der Waals surface area contributed by atoms with E-state index in [9.17, 15) is 4.79 Å². The molecule has 0 aliphatic carbocycles. The maximum Gasteiger partial charge on any atom is 0.150 e. The first kappa shape index (κ1) is 12.4. The largest absolute Gasteiger partial charge is 0.496 e. The number of rotatable bonds is 3. The van der Waals surface area contributed by atoms with Gasteiger partial charge in [-0.25, -0.2) is 0 Å². The van der Waals surface area contributed by atoms with Crippen LogP contribution in [0.15, 0.2) is 36.4 Å². The first-order valence-corrected chi connectivity index (χ1v) is 5.86. The summed E-state index contributed by atoms with van der Waals surface area (Å²) in [6, 6.07) is 11.8. The molecular weight excluding hydrogens is 224 g/mol. The zero-order chi connectivity index (χ0) is 13.1. The molecule has 0 spiro atoms. The topological polar surface area (TPSA) is 26.3 Å². The number of ether oxygens (including phenoxy) is 1. The summed E-state index contributed by atoms with van der Waals surface area (Å²) >= 11 is 0. The predicted molar refractivity (Wildman–Crippen MR) is 73.3 cm³/mol. The lowest BCUT2D eigenvalue weighted by atomic mass is 9.97. The van der Waals surface area contributed by atoms with Crippen LogP contribution in [-0.2, 0) is 0 Å². The van der Waals surface area contributed by atoms with Gasteiger partial charge >= 0.3 is 0 Å². The highest BCUT2D eigenvalue weighted by molar-refractivity contribution is 5.80. The van der Waals surface area contributed by atoms with Crippen molar-refractivity contribution in [2.24, 2.45) is 0 Å². The number of benzene rings is 2. The fourth-order valence-electron chi connectivity index (χ4n) is 2.07. The lowest BCUT2D eigenvalue weighted by Gasteiger charge is -2.10. The van der Waals surface area contributed by atoms with E-state index in [1.54, 1.807) is 7.11 Å². The third kappa shape index (κ3) is 2.28. The van der Waals surface area contributed by atoms with Crippen molar-refractivity contribution in [3.05, 3.63) is 53.1 Å². The van der Waals surface area contributed by atoms with Gasteiger partial charge in [0, 0.05) is 5.56 Å². The van der Waals surface area contributed by atoms with Crippen molar-refractivity contribution in [1.82, 2.24) is 0 Å². The molecule has 0 N–H and O–H groups in total. The number of hydrogen-bond donors (Lipinski definition) is 0. The summed E-state index contributed by atoms with van der Waals surface area (Å²) < 4.78 is 5.25. The Morgan fingerprint density at radius 1 is 1.00 bits per heavy atom. The molecule has 0 radical (unpaired) electrons. The number of carbonyl (C=O) groups is 1. The second-order valence-electron chi connectivity index (χ2n) is 4.38.